The van der Waals surface area contributed by atoms with Gasteiger partial charge in [0.15, 0.2) is 18.1 Å². The minimum absolute atomic E-state index is 0.0158. The number of amides is 1. The van der Waals surface area contributed by atoms with Crippen LogP contribution in [0.2, 0.25) is 0 Å². The van der Waals surface area contributed by atoms with Gasteiger partial charge < -0.3 is 29.4 Å². The van der Waals surface area contributed by atoms with E-state index >= 15 is 0 Å². The first-order chi connectivity index (χ1) is 23.5. The lowest BCUT2D eigenvalue weighted by Gasteiger charge is -2.31. The Balaban J connectivity index is 1.34. The van der Waals surface area contributed by atoms with Gasteiger partial charge in [-0.25, -0.2) is 8.42 Å². The molecule has 5 rings (SSSR count). The van der Waals surface area contributed by atoms with Crippen LogP contribution in [0.5, 0.6) is 23.0 Å². The molecule has 2 N–H and O–H groups in total. The summed E-state index contributed by atoms with van der Waals surface area (Å²) in [5.74, 6) is 1.63. The Morgan fingerprint density at radius 3 is 2.24 bits per heavy atom. The molecule has 1 amide bonds. The zero-order chi connectivity index (χ0) is 35.0. The van der Waals surface area contributed by atoms with Gasteiger partial charge in [-0.05, 0) is 72.7 Å². The molecule has 49 heavy (non-hydrogen) atoms. The molecule has 1 aliphatic rings. The van der Waals surface area contributed by atoms with Crippen LogP contribution in [0.25, 0.3) is 0 Å². The number of ether oxygens (including phenoxy) is 4. The maximum absolute atomic E-state index is 13.9. The number of nitrogens with one attached hydrogen (secondary N) is 1. The van der Waals surface area contributed by atoms with Gasteiger partial charge in [-0.1, -0.05) is 74.5 Å². The molecule has 0 aromatic heterocycles. The van der Waals surface area contributed by atoms with E-state index in [1.54, 1.807) is 6.07 Å². The third kappa shape index (κ3) is 9.53. The Hall–Kier alpha value is -4.58. The van der Waals surface area contributed by atoms with E-state index in [0.717, 1.165) is 22.3 Å². The number of sulfonamides is 1. The Bertz CT molecular complexity index is 1790. The SMILES string of the molecule is Cc1cccc(C)c1OCC(=O)N[C@@H](Cc1ccc(OCc2ccccc2)cc1)[C@@H](O)CN(CC(C)C)S(=O)(=O)c1ccc2c(c1)OCO2. The summed E-state index contributed by atoms with van der Waals surface area (Å²) < 4.78 is 51.7. The van der Waals surface area contributed by atoms with Gasteiger partial charge in [-0.2, -0.15) is 4.31 Å². The molecule has 0 unspecified atom stereocenters. The quantitative estimate of drug-likeness (QED) is 0.160. The largest absolute Gasteiger partial charge is 0.489 e. The third-order valence-electron chi connectivity index (χ3n) is 8.14. The maximum Gasteiger partial charge on any atom is 0.258 e. The molecule has 0 saturated carbocycles. The molecule has 260 valence electrons. The third-order valence-corrected chi connectivity index (χ3v) is 9.96. The molecule has 2 atom stereocenters. The number of aryl methyl sites for hydroxylation is 2. The molecule has 0 saturated heterocycles. The number of benzene rings is 4. The van der Waals surface area contributed by atoms with Crippen molar-refractivity contribution >= 4 is 15.9 Å². The van der Waals surface area contributed by atoms with Crippen LogP contribution in [0.1, 0.15) is 36.1 Å². The van der Waals surface area contributed by atoms with Gasteiger partial charge in [0.05, 0.1) is 17.0 Å². The summed E-state index contributed by atoms with van der Waals surface area (Å²) in [4.78, 5) is 13.3. The molecule has 10 nitrogen and oxygen atoms in total. The lowest BCUT2D eigenvalue weighted by molar-refractivity contribution is -0.124. The number of para-hydroxylation sites is 1. The Morgan fingerprint density at radius 2 is 1.55 bits per heavy atom. The van der Waals surface area contributed by atoms with E-state index in [1.165, 1.54) is 16.4 Å². The summed E-state index contributed by atoms with van der Waals surface area (Å²) in [5, 5.41) is 14.6. The van der Waals surface area contributed by atoms with Crippen LogP contribution >= 0.6 is 0 Å². The van der Waals surface area contributed by atoms with Crippen molar-refractivity contribution in [2.45, 2.75) is 57.8 Å². The number of nitrogens with zero attached hydrogens (tertiary/aromatic N) is 1. The summed E-state index contributed by atoms with van der Waals surface area (Å²) >= 11 is 0. The lowest BCUT2D eigenvalue weighted by atomic mass is 10.0. The highest BCUT2D eigenvalue weighted by molar-refractivity contribution is 7.89. The molecule has 1 heterocycles. The number of hydrogen-bond acceptors (Lipinski definition) is 8. The smallest absolute Gasteiger partial charge is 0.258 e. The van der Waals surface area contributed by atoms with Crippen molar-refractivity contribution in [3.63, 3.8) is 0 Å². The summed E-state index contributed by atoms with van der Waals surface area (Å²) in [5.41, 5.74) is 3.66. The van der Waals surface area contributed by atoms with Gasteiger partial charge in [0.25, 0.3) is 5.91 Å². The fourth-order valence-electron chi connectivity index (χ4n) is 5.61. The predicted octanol–water partition coefficient (Wildman–Crippen LogP) is 5.43. The number of carbonyl (C=O) groups excluding carboxylic acids is 1. The summed E-state index contributed by atoms with van der Waals surface area (Å²) in [7, 11) is -4.05. The molecular formula is C38H44N2O8S. The summed E-state index contributed by atoms with van der Waals surface area (Å²) in [6.07, 6.45) is -1.03. The number of aliphatic hydroxyl groups excluding tert-OH is 1. The second-order valence-electron chi connectivity index (χ2n) is 12.6. The highest BCUT2D eigenvalue weighted by Gasteiger charge is 2.32. The van der Waals surface area contributed by atoms with Crippen LogP contribution in [0, 0.1) is 19.8 Å². The van der Waals surface area contributed by atoms with Crippen molar-refractivity contribution in [1.29, 1.82) is 0 Å². The van der Waals surface area contributed by atoms with E-state index in [0.29, 0.717) is 29.6 Å². The van der Waals surface area contributed by atoms with Crippen LogP contribution in [0.4, 0.5) is 0 Å². The Labute approximate surface area is 288 Å². The number of hydrogen-bond donors (Lipinski definition) is 2. The first kappa shape index (κ1) is 35.7. The second-order valence-corrected chi connectivity index (χ2v) is 14.5. The van der Waals surface area contributed by atoms with Gasteiger partial charge in [0.2, 0.25) is 16.8 Å². The lowest BCUT2D eigenvalue weighted by Crippen LogP contribution is -2.52. The number of aliphatic hydroxyl groups is 1. The predicted molar refractivity (Wildman–Crippen MR) is 186 cm³/mol. The fraction of sp³-hybridized carbons (Fsp3) is 0.342. The molecule has 11 heteroatoms. The van der Waals surface area contributed by atoms with Gasteiger partial charge in [0.1, 0.15) is 18.1 Å². The van der Waals surface area contributed by atoms with Crippen molar-refractivity contribution < 1.29 is 37.3 Å². The van der Waals surface area contributed by atoms with Gasteiger partial charge in [0, 0.05) is 19.2 Å². The zero-order valence-corrected chi connectivity index (χ0v) is 29.1. The van der Waals surface area contributed by atoms with Crippen LogP contribution in [0.15, 0.2) is 95.9 Å². The van der Waals surface area contributed by atoms with Crippen LogP contribution in [0.3, 0.4) is 0 Å². The van der Waals surface area contributed by atoms with Crippen molar-refractivity contribution in [2.75, 3.05) is 26.5 Å². The van der Waals surface area contributed by atoms with E-state index in [1.807, 2.05) is 100 Å². The molecule has 0 aliphatic carbocycles. The van der Waals surface area contributed by atoms with Crippen molar-refractivity contribution in [1.82, 2.24) is 9.62 Å². The van der Waals surface area contributed by atoms with E-state index in [9.17, 15) is 18.3 Å². The highest BCUT2D eigenvalue weighted by atomic mass is 32.2. The Morgan fingerprint density at radius 1 is 0.857 bits per heavy atom. The molecule has 0 fully saturated rings. The molecule has 0 bridgehead atoms. The Kier molecular flexibility index (Phi) is 11.8. The van der Waals surface area contributed by atoms with E-state index in [-0.39, 0.29) is 43.7 Å². The minimum atomic E-state index is -4.05. The second kappa shape index (κ2) is 16.2. The molecule has 1 aliphatic heterocycles. The topological polar surface area (TPSA) is 124 Å². The zero-order valence-electron chi connectivity index (χ0n) is 28.3. The monoisotopic (exact) mass is 688 g/mol. The molecule has 0 radical (unpaired) electrons. The van der Waals surface area contributed by atoms with E-state index in [4.69, 9.17) is 18.9 Å². The van der Waals surface area contributed by atoms with Crippen LogP contribution in [-0.4, -0.2) is 62.4 Å². The first-order valence-corrected chi connectivity index (χ1v) is 17.8. The van der Waals surface area contributed by atoms with Gasteiger partial charge in [-0.15, -0.1) is 0 Å². The van der Waals surface area contributed by atoms with Crippen LogP contribution < -0.4 is 24.3 Å². The maximum atomic E-state index is 13.9. The highest BCUT2D eigenvalue weighted by Crippen LogP contribution is 2.35. The molecular weight excluding hydrogens is 644 g/mol. The van der Waals surface area contributed by atoms with Gasteiger partial charge >= 0.3 is 0 Å². The van der Waals surface area contributed by atoms with E-state index < -0.39 is 28.1 Å². The summed E-state index contributed by atoms with van der Waals surface area (Å²) in [6, 6.07) is 26.6. The number of carbonyl (C=O) groups is 1. The standard InChI is InChI=1S/C38H44N2O8S/c1-26(2)21-40(49(43,44)32-17-18-35-36(20-32)48-25-47-35)22-34(41)33(39-37(42)24-46-38-27(3)9-8-10-28(38)4)19-29-13-15-31(16-14-29)45-23-30-11-6-5-7-12-30/h5-18,20,26,33-34,41H,19,21-25H2,1-4H3,(H,39,42)/t33-,34-/m0/s1. The average molecular weight is 689 g/mol. The van der Waals surface area contributed by atoms with Crippen molar-refractivity contribution in [3.8, 4) is 23.0 Å². The molecule has 4 aromatic carbocycles. The van der Waals surface area contributed by atoms with Gasteiger partial charge in [-0.3, -0.25) is 4.79 Å². The first-order valence-electron chi connectivity index (χ1n) is 16.3. The van der Waals surface area contributed by atoms with E-state index in [2.05, 4.69) is 5.32 Å². The number of rotatable bonds is 16. The van der Waals surface area contributed by atoms with Crippen molar-refractivity contribution in [2.24, 2.45) is 5.92 Å². The molecule has 0 spiro atoms. The number of fused-ring (bicyclic) bond motifs is 1. The van der Waals surface area contributed by atoms with Crippen LogP contribution in [-0.2, 0) is 27.8 Å². The normalized spacial score (nSPS) is 13.7. The average Bonchev–Trinajstić information content (AvgIpc) is 3.56. The minimum Gasteiger partial charge on any atom is -0.489 e. The summed E-state index contributed by atoms with van der Waals surface area (Å²) in [6.45, 7) is 7.68. The molecule has 4 aromatic rings. The fourth-order valence-corrected chi connectivity index (χ4v) is 7.25. The van der Waals surface area contributed by atoms with Crippen molar-refractivity contribution in [3.05, 3.63) is 113 Å².